The molecule has 0 aliphatic rings. The third-order valence-electron chi connectivity index (χ3n) is 4.17. The molecule has 2 aromatic heterocycles. The number of carbonyl (C=O) groups is 1. The molecular formula is C19H17ClF3N5OS. The molecule has 0 spiro atoms. The van der Waals surface area contributed by atoms with Crippen molar-refractivity contribution in [2.75, 3.05) is 6.54 Å². The molecule has 0 fully saturated rings. The van der Waals surface area contributed by atoms with Gasteiger partial charge < -0.3 is 5.32 Å². The van der Waals surface area contributed by atoms with Gasteiger partial charge in [0.05, 0.1) is 10.9 Å². The van der Waals surface area contributed by atoms with Gasteiger partial charge in [0.25, 0.3) is 0 Å². The van der Waals surface area contributed by atoms with Gasteiger partial charge in [0, 0.05) is 23.0 Å². The molecule has 0 aliphatic heterocycles. The molecule has 0 radical (unpaired) electrons. The number of aromatic nitrogens is 4. The van der Waals surface area contributed by atoms with Gasteiger partial charge in [0.15, 0.2) is 11.0 Å². The van der Waals surface area contributed by atoms with Gasteiger partial charge >= 0.3 is 6.18 Å². The molecule has 0 bridgehead atoms. The van der Waals surface area contributed by atoms with Gasteiger partial charge in [-0.05, 0) is 43.7 Å². The first-order valence-corrected chi connectivity index (χ1v) is 10.1. The van der Waals surface area contributed by atoms with E-state index in [1.807, 2.05) is 18.3 Å². The van der Waals surface area contributed by atoms with Gasteiger partial charge in [-0.25, -0.2) is 0 Å². The van der Waals surface area contributed by atoms with Crippen molar-refractivity contribution in [3.8, 4) is 17.1 Å². The van der Waals surface area contributed by atoms with Crippen LogP contribution in [0.1, 0.15) is 12.5 Å². The minimum Gasteiger partial charge on any atom is -0.346 e. The number of alkyl halides is 3. The molecule has 1 atom stereocenters. The molecule has 11 heteroatoms. The molecule has 3 aromatic rings. The molecular weight excluding hydrogens is 439 g/mol. The molecule has 0 saturated carbocycles. The Bertz CT molecular complexity index is 1040. The Morgan fingerprint density at radius 3 is 2.60 bits per heavy atom. The lowest BCUT2D eigenvalue weighted by Gasteiger charge is -2.16. The maximum atomic E-state index is 12.4. The quantitative estimate of drug-likeness (QED) is 0.556. The summed E-state index contributed by atoms with van der Waals surface area (Å²) >= 11 is 7.28. The van der Waals surface area contributed by atoms with E-state index in [1.165, 1.54) is 6.92 Å². The zero-order valence-corrected chi connectivity index (χ0v) is 17.5. The van der Waals surface area contributed by atoms with Gasteiger partial charge in [-0.3, -0.25) is 14.3 Å². The van der Waals surface area contributed by atoms with E-state index in [9.17, 15) is 18.0 Å². The number of nitrogens with one attached hydrogen (secondary N) is 1. The summed E-state index contributed by atoms with van der Waals surface area (Å²) in [7, 11) is 0. The van der Waals surface area contributed by atoms with Crippen molar-refractivity contribution in [2.45, 2.75) is 30.4 Å². The predicted octanol–water partition coefficient (Wildman–Crippen LogP) is 4.45. The number of rotatable bonds is 6. The van der Waals surface area contributed by atoms with E-state index in [0.717, 1.165) is 22.9 Å². The van der Waals surface area contributed by atoms with E-state index in [0.29, 0.717) is 21.7 Å². The van der Waals surface area contributed by atoms with Gasteiger partial charge in [0.1, 0.15) is 6.54 Å². The first-order chi connectivity index (χ1) is 14.2. The summed E-state index contributed by atoms with van der Waals surface area (Å²) < 4.78 is 38.9. The fourth-order valence-electron chi connectivity index (χ4n) is 2.63. The highest BCUT2D eigenvalue weighted by Crippen LogP contribution is 2.33. The van der Waals surface area contributed by atoms with Gasteiger partial charge in [-0.2, -0.15) is 13.2 Å². The largest absolute Gasteiger partial charge is 0.405 e. The van der Waals surface area contributed by atoms with Gasteiger partial charge in [-0.15, -0.1) is 10.2 Å². The summed E-state index contributed by atoms with van der Waals surface area (Å²) in [5.74, 6) is -0.256. The monoisotopic (exact) mass is 455 g/mol. The van der Waals surface area contributed by atoms with E-state index < -0.39 is 23.9 Å². The van der Waals surface area contributed by atoms with Crippen LogP contribution < -0.4 is 5.32 Å². The molecule has 2 heterocycles. The maximum Gasteiger partial charge on any atom is 0.405 e. The van der Waals surface area contributed by atoms with Crippen LogP contribution in [0, 0.1) is 6.92 Å². The summed E-state index contributed by atoms with van der Waals surface area (Å²) in [6.07, 6.45) is -1.26. The maximum absolute atomic E-state index is 12.4. The van der Waals surface area contributed by atoms with E-state index in [-0.39, 0.29) is 0 Å². The summed E-state index contributed by atoms with van der Waals surface area (Å²) in [4.78, 5) is 16.1. The standard InChI is InChI=1S/C19H17ClF3N5OS/c1-11-14(20)4-3-5-15(11)28-16(13-6-8-24-9-7-13)26-27-18(28)30-12(2)17(29)25-10-19(21,22)23/h3-9,12H,10H2,1-2H3,(H,25,29). The average molecular weight is 456 g/mol. The molecule has 30 heavy (non-hydrogen) atoms. The third kappa shape index (κ3) is 5.11. The average Bonchev–Trinajstić information content (AvgIpc) is 3.11. The highest BCUT2D eigenvalue weighted by atomic mass is 35.5. The number of carbonyl (C=O) groups excluding carboxylic acids is 1. The fourth-order valence-corrected chi connectivity index (χ4v) is 3.69. The van der Waals surface area contributed by atoms with Crippen LogP contribution in [-0.2, 0) is 4.79 Å². The minimum atomic E-state index is -4.48. The number of amides is 1. The number of hydrogen-bond donors (Lipinski definition) is 1. The second kappa shape index (κ2) is 9.05. The fraction of sp³-hybridized carbons (Fsp3) is 0.263. The van der Waals surface area contributed by atoms with Crippen molar-refractivity contribution >= 4 is 29.3 Å². The Kier molecular flexibility index (Phi) is 6.67. The Morgan fingerprint density at radius 1 is 1.23 bits per heavy atom. The second-order valence-corrected chi connectivity index (χ2v) is 8.07. The topological polar surface area (TPSA) is 72.7 Å². The van der Waals surface area contributed by atoms with Gasteiger partial charge in [0.2, 0.25) is 5.91 Å². The van der Waals surface area contributed by atoms with Crippen LogP contribution in [-0.4, -0.2) is 43.6 Å². The first kappa shape index (κ1) is 22.1. The summed E-state index contributed by atoms with van der Waals surface area (Å²) in [6.45, 7) is 1.95. The smallest absolute Gasteiger partial charge is 0.346 e. The molecule has 1 unspecified atom stereocenters. The Morgan fingerprint density at radius 2 is 1.93 bits per heavy atom. The normalized spacial score (nSPS) is 12.6. The number of pyridine rings is 1. The van der Waals surface area contributed by atoms with Crippen LogP contribution >= 0.6 is 23.4 Å². The van der Waals surface area contributed by atoms with Crippen LogP contribution in [0.2, 0.25) is 5.02 Å². The summed E-state index contributed by atoms with van der Waals surface area (Å²) in [6, 6.07) is 8.86. The SMILES string of the molecule is Cc1c(Cl)cccc1-n1c(SC(C)C(=O)NCC(F)(F)F)nnc1-c1ccncc1. The highest BCUT2D eigenvalue weighted by molar-refractivity contribution is 8.00. The Balaban J connectivity index is 1.98. The first-order valence-electron chi connectivity index (χ1n) is 8.80. The lowest BCUT2D eigenvalue weighted by molar-refractivity contribution is -0.137. The zero-order chi connectivity index (χ0) is 21.9. The number of thioether (sulfide) groups is 1. The van der Waals surface area contributed by atoms with E-state index >= 15 is 0 Å². The Labute approximate surface area is 179 Å². The van der Waals surface area contributed by atoms with E-state index in [1.54, 1.807) is 41.2 Å². The molecule has 6 nitrogen and oxygen atoms in total. The molecule has 158 valence electrons. The highest BCUT2D eigenvalue weighted by Gasteiger charge is 2.29. The molecule has 0 saturated heterocycles. The molecule has 0 aliphatic carbocycles. The van der Waals surface area contributed by atoms with Crippen LogP contribution in [0.15, 0.2) is 47.9 Å². The second-order valence-electron chi connectivity index (χ2n) is 6.35. The number of nitrogens with zero attached hydrogens (tertiary/aromatic N) is 4. The summed E-state index contributed by atoms with van der Waals surface area (Å²) in [5, 5.41) is 10.4. The van der Waals surface area contributed by atoms with Gasteiger partial charge in [-0.1, -0.05) is 29.4 Å². The number of benzene rings is 1. The van der Waals surface area contributed by atoms with Crippen LogP contribution in [0.4, 0.5) is 13.2 Å². The lowest BCUT2D eigenvalue weighted by Crippen LogP contribution is -2.38. The minimum absolute atomic E-state index is 0.349. The van der Waals surface area contributed by atoms with Crippen LogP contribution in [0.5, 0.6) is 0 Å². The van der Waals surface area contributed by atoms with Crippen molar-refractivity contribution in [2.24, 2.45) is 0 Å². The van der Waals surface area contributed by atoms with E-state index in [4.69, 9.17) is 11.6 Å². The summed E-state index contributed by atoms with van der Waals surface area (Å²) in [5.41, 5.74) is 2.20. The van der Waals surface area contributed by atoms with Crippen molar-refractivity contribution in [3.63, 3.8) is 0 Å². The van der Waals surface area contributed by atoms with Crippen LogP contribution in [0.25, 0.3) is 17.1 Å². The Hall–Kier alpha value is -2.59. The third-order valence-corrected chi connectivity index (χ3v) is 5.62. The van der Waals surface area contributed by atoms with Crippen molar-refractivity contribution in [1.82, 2.24) is 25.1 Å². The molecule has 3 rings (SSSR count). The van der Waals surface area contributed by atoms with Crippen molar-refractivity contribution in [1.29, 1.82) is 0 Å². The number of hydrogen-bond acceptors (Lipinski definition) is 5. The molecule has 1 aromatic carbocycles. The lowest BCUT2D eigenvalue weighted by atomic mass is 10.2. The van der Waals surface area contributed by atoms with Crippen molar-refractivity contribution in [3.05, 3.63) is 53.3 Å². The molecule has 1 N–H and O–H groups in total. The number of halogens is 4. The van der Waals surface area contributed by atoms with E-state index in [2.05, 4.69) is 15.2 Å². The van der Waals surface area contributed by atoms with Crippen molar-refractivity contribution < 1.29 is 18.0 Å². The molecule has 1 amide bonds. The van der Waals surface area contributed by atoms with Crippen LogP contribution in [0.3, 0.4) is 0 Å². The zero-order valence-electron chi connectivity index (χ0n) is 15.9. The predicted molar refractivity (Wildman–Crippen MR) is 109 cm³/mol.